The largest absolute Gasteiger partial charge is 0.462 e. The molecule has 13 heavy (non-hydrogen) atoms. The van der Waals surface area contributed by atoms with Gasteiger partial charge >= 0.3 is 5.97 Å². The van der Waals surface area contributed by atoms with Crippen LogP contribution in [0.4, 0.5) is 0 Å². The molecule has 0 aromatic rings. The molecule has 0 unspecified atom stereocenters. The number of carbonyl (C=O) groups excluding carboxylic acids is 1. The standard InChI is InChI=1S/C9H16O3S/c1-6(4-10)5-13-8-3-7(2)12-9(8)11/h6-8,10H,3-5H2,1-2H3/t6-,7-,8-/m0/s1. The molecule has 0 radical (unpaired) electrons. The Morgan fingerprint density at radius 1 is 1.77 bits per heavy atom. The number of esters is 1. The molecule has 0 spiro atoms. The highest BCUT2D eigenvalue weighted by molar-refractivity contribution is 8.00. The number of carbonyl (C=O) groups is 1. The first-order chi connectivity index (χ1) is 6.13. The van der Waals surface area contributed by atoms with Crippen LogP contribution in [-0.2, 0) is 9.53 Å². The first kappa shape index (κ1) is 10.9. The quantitative estimate of drug-likeness (QED) is 0.695. The molecule has 0 bridgehead atoms. The lowest BCUT2D eigenvalue weighted by Crippen LogP contribution is -2.13. The predicted octanol–water partition coefficient (Wildman–Crippen LogP) is 1.05. The van der Waals surface area contributed by atoms with Gasteiger partial charge in [-0.3, -0.25) is 4.79 Å². The van der Waals surface area contributed by atoms with E-state index in [4.69, 9.17) is 9.84 Å². The van der Waals surface area contributed by atoms with E-state index in [1.165, 1.54) is 0 Å². The highest BCUT2D eigenvalue weighted by Crippen LogP contribution is 2.27. The number of cyclic esters (lactones) is 1. The topological polar surface area (TPSA) is 46.5 Å². The van der Waals surface area contributed by atoms with Crippen molar-refractivity contribution in [1.82, 2.24) is 0 Å². The van der Waals surface area contributed by atoms with Gasteiger partial charge in [0.25, 0.3) is 0 Å². The molecule has 0 aromatic heterocycles. The zero-order chi connectivity index (χ0) is 9.84. The van der Waals surface area contributed by atoms with Gasteiger partial charge in [-0.05, 0) is 18.6 Å². The van der Waals surface area contributed by atoms with Gasteiger partial charge in [0.15, 0.2) is 0 Å². The summed E-state index contributed by atoms with van der Waals surface area (Å²) in [4.78, 5) is 11.2. The fourth-order valence-electron chi connectivity index (χ4n) is 1.19. The van der Waals surface area contributed by atoms with E-state index < -0.39 is 0 Å². The summed E-state index contributed by atoms with van der Waals surface area (Å²) in [5, 5.41) is 8.79. The van der Waals surface area contributed by atoms with E-state index in [0.717, 1.165) is 12.2 Å². The predicted molar refractivity (Wildman–Crippen MR) is 52.7 cm³/mol. The first-order valence-electron chi connectivity index (χ1n) is 4.56. The third-order valence-corrected chi connectivity index (χ3v) is 3.57. The van der Waals surface area contributed by atoms with Gasteiger partial charge in [-0.25, -0.2) is 0 Å². The van der Waals surface area contributed by atoms with Gasteiger partial charge in [0.05, 0.1) is 0 Å². The number of thioether (sulfide) groups is 1. The maximum atomic E-state index is 11.2. The van der Waals surface area contributed by atoms with Gasteiger partial charge < -0.3 is 9.84 Å². The highest BCUT2D eigenvalue weighted by atomic mass is 32.2. The summed E-state index contributed by atoms with van der Waals surface area (Å²) in [7, 11) is 0. The minimum Gasteiger partial charge on any atom is -0.462 e. The molecular formula is C9H16O3S. The number of rotatable bonds is 4. The van der Waals surface area contributed by atoms with E-state index in [1.807, 2.05) is 13.8 Å². The number of ether oxygens (including phenoxy) is 1. The molecule has 0 aliphatic carbocycles. The Bertz CT molecular complexity index is 184. The van der Waals surface area contributed by atoms with E-state index >= 15 is 0 Å². The average Bonchev–Trinajstić information content (AvgIpc) is 2.41. The molecule has 1 aliphatic heterocycles. The summed E-state index contributed by atoms with van der Waals surface area (Å²) in [6.45, 7) is 4.06. The Kier molecular flexibility index (Phi) is 4.06. The van der Waals surface area contributed by atoms with Crippen molar-refractivity contribution >= 4 is 17.7 Å². The Morgan fingerprint density at radius 2 is 2.46 bits per heavy atom. The lowest BCUT2D eigenvalue weighted by Gasteiger charge is -2.09. The molecule has 4 heteroatoms. The Balaban J connectivity index is 2.25. The van der Waals surface area contributed by atoms with Crippen molar-refractivity contribution in [3.05, 3.63) is 0 Å². The van der Waals surface area contributed by atoms with Crippen LogP contribution < -0.4 is 0 Å². The zero-order valence-corrected chi connectivity index (χ0v) is 8.84. The van der Waals surface area contributed by atoms with Gasteiger partial charge in [-0.1, -0.05) is 6.92 Å². The molecule has 3 atom stereocenters. The second-order valence-electron chi connectivity index (χ2n) is 3.59. The number of aliphatic hydroxyl groups excluding tert-OH is 1. The first-order valence-corrected chi connectivity index (χ1v) is 5.61. The van der Waals surface area contributed by atoms with Crippen molar-refractivity contribution in [2.75, 3.05) is 12.4 Å². The van der Waals surface area contributed by atoms with Crippen molar-refractivity contribution in [2.24, 2.45) is 5.92 Å². The second kappa shape index (κ2) is 4.86. The fourth-order valence-corrected chi connectivity index (χ4v) is 2.45. The molecule has 3 nitrogen and oxygen atoms in total. The normalized spacial score (nSPS) is 30.2. The SMILES string of the molecule is C[C@@H](CO)CS[C@H]1C[C@H](C)OC1=O. The zero-order valence-electron chi connectivity index (χ0n) is 8.03. The molecular weight excluding hydrogens is 188 g/mol. The summed E-state index contributed by atoms with van der Waals surface area (Å²) in [6, 6.07) is 0. The van der Waals surface area contributed by atoms with Crippen LogP contribution in [-0.4, -0.2) is 34.8 Å². The fraction of sp³-hybridized carbons (Fsp3) is 0.889. The van der Waals surface area contributed by atoms with Gasteiger partial charge in [-0.15, -0.1) is 11.8 Å². The second-order valence-corrected chi connectivity index (χ2v) is 4.83. The van der Waals surface area contributed by atoms with Crippen molar-refractivity contribution in [2.45, 2.75) is 31.6 Å². The van der Waals surface area contributed by atoms with E-state index in [-0.39, 0.29) is 29.8 Å². The Hall–Kier alpha value is -0.220. The molecule has 1 N–H and O–H groups in total. The van der Waals surface area contributed by atoms with Crippen LogP contribution in [0.5, 0.6) is 0 Å². The maximum Gasteiger partial charge on any atom is 0.319 e. The van der Waals surface area contributed by atoms with E-state index in [2.05, 4.69) is 0 Å². The monoisotopic (exact) mass is 204 g/mol. The Labute approximate surface area is 82.8 Å². The third kappa shape index (κ3) is 3.19. The van der Waals surface area contributed by atoms with Crippen LogP contribution in [0.1, 0.15) is 20.3 Å². The van der Waals surface area contributed by atoms with Crippen LogP contribution in [0.3, 0.4) is 0 Å². The molecule has 0 amide bonds. The molecule has 1 saturated heterocycles. The summed E-state index contributed by atoms with van der Waals surface area (Å²) in [5.74, 6) is 0.986. The highest BCUT2D eigenvalue weighted by Gasteiger charge is 2.32. The Morgan fingerprint density at radius 3 is 2.92 bits per heavy atom. The summed E-state index contributed by atoms with van der Waals surface area (Å²) in [5.41, 5.74) is 0. The number of aliphatic hydroxyl groups is 1. The average molecular weight is 204 g/mol. The van der Waals surface area contributed by atoms with Gasteiger partial charge in [0.2, 0.25) is 0 Å². The molecule has 1 rings (SSSR count). The molecule has 1 heterocycles. The number of hydrogen-bond donors (Lipinski definition) is 1. The molecule has 0 saturated carbocycles. The minimum absolute atomic E-state index is 0.0102. The lowest BCUT2D eigenvalue weighted by atomic mass is 10.2. The smallest absolute Gasteiger partial charge is 0.319 e. The maximum absolute atomic E-state index is 11.2. The lowest BCUT2D eigenvalue weighted by molar-refractivity contribution is -0.140. The van der Waals surface area contributed by atoms with Crippen LogP contribution in [0.15, 0.2) is 0 Å². The van der Waals surface area contributed by atoms with E-state index in [9.17, 15) is 4.79 Å². The van der Waals surface area contributed by atoms with Gasteiger partial charge in [0, 0.05) is 13.0 Å². The molecule has 76 valence electrons. The summed E-state index contributed by atoms with van der Waals surface area (Å²) in [6.07, 6.45) is 0.871. The van der Waals surface area contributed by atoms with Crippen molar-refractivity contribution < 1.29 is 14.6 Å². The van der Waals surface area contributed by atoms with E-state index in [1.54, 1.807) is 11.8 Å². The summed E-state index contributed by atoms with van der Waals surface area (Å²) < 4.78 is 5.02. The van der Waals surface area contributed by atoms with Crippen LogP contribution in [0.25, 0.3) is 0 Å². The van der Waals surface area contributed by atoms with Crippen molar-refractivity contribution in [3.63, 3.8) is 0 Å². The van der Waals surface area contributed by atoms with Crippen LogP contribution in [0.2, 0.25) is 0 Å². The minimum atomic E-state index is -0.0948. The molecule has 0 aromatic carbocycles. The molecule has 1 aliphatic rings. The van der Waals surface area contributed by atoms with Gasteiger partial charge in [-0.2, -0.15) is 0 Å². The van der Waals surface area contributed by atoms with Crippen molar-refractivity contribution in [3.8, 4) is 0 Å². The van der Waals surface area contributed by atoms with Crippen LogP contribution in [0, 0.1) is 5.92 Å². The summed E-state index contributed by atoms with van der Waals surface area (Å²) >= 11 is 1.59. The molecule has 1 fully saturated rings. The van der Waals surface area contributed by atoms with Crippen LogP contribution >= 0.6 is 11.8 Å². The van der Waals surface area contributed by atoms with Gasteiger partial charge in [0.1, 0.15) is 11.4 Å². The third-order valence-electron chi connectivity index (χ3n) is 2.02. The van der Waals surface area contributed by atoms with Crippen molar-refractivity contribution in [1.29, 1.82) is 0 Å². The number of hydrogen-bond acceptors (Lipinski definition) is 4. The van der Waals surface area contributed by atoms with E-state index in [0.29, 0.717) is 0 Å².